The Balaban J connectivity index is 2.35. The van der Waals surface area contributed by atoms with Crippen LogP contribution in [-0.2, 0) is 12.8 Å². The van der Waals surface area contributed by atoms with Gasteiger partial charge in [-0.25, -0.2) is 0 Å². The van der Waals surface area contributed by atoms with Crippen LogP contribution in [0.2, 0.25) is 0 Å². The van der Waals surface area contributed by atoms with Crippen molar-refractivity contribution in [3.63, 3.8) is 0 Å². The quantitative estimate of drug-likeness (QED) is 0.773. The third-order valence-electron chi connectivity index (χ3n) is 2.54. The summed E-state index contributed by atoms with van der Waals surface area (Å²) in [7, 11) is 2.03. The first kappa shape index (κ1) is 8.27. The van der Waals surface area contributed by atoms with Gasteiger partial charge in [0.1, 0.15) is 0 Å². The molecule has 0 heterocycles. The molecule has 1 atom stereocenters. The third-order valence-corrected chi connectivity index (χ3v) is 3.28. The van der Waals surface area contributed by atoms with Gasteiger partial charge in [0.2, 0.25) is 0 Å². The molecule has 2 rings (SSSR count). The van der Waals surface area contributed by atoms with Crippen molar-refractivity contribution in [2.75, 3.05) is 7.05 Å². The maximum atomic E-state index is 3.58. The summed E-state index contributed by atoms with van der Waals surface area (Å²) >= 11 is 3.58. The number of nitrogens with one attached hydrogen (secondary N) is 1. The van der Waals surface area contributed by atoms with Gasteiger partial charge in [-0.2, -0.15) is 0 Å². The zero-order valence-electron chi connectivity index (χ0n) is 7.10. The SMILES string of the molecule is CNC1Cc2cccc(Br)c2C1. The molecule has 0 aliphatic heterocycles. The van der Waals surface area contributed by atoms with Gasteiger partial charge in [-0.15, -0.1) is 0 Å². The molecule has 0 radical (unpaired) electrons. The van der Waals surface area contributed by atoms with Gasteiger partial charge in [0.25, 0.3) is 0 Å². The molecule has 0 saturated heterocycles. The Morgan fingerprint density at radius 1 is 1.42 bits per heavy atom. The van der Waals surface area contributed by atoms with Crippen LogP contribution in [0, 0.1) is 0 Å². The number of likely N-dealkylation sites (N-methyl/N-ethyl adjacent to an activating group) is 1. The zero-order chi connectivity index (χ0) is 8.55. The maximum Gasteiger partial charge on any atom is 0.0210 e. The minimum Gasteiger partial charge on any atom is -0.316 e. The Morgan fingerprint density at radius 2 is 2.25 bits per heavy atom. The van der Waals surface area contributed by atoms with Crippen molar-refractivity contribution in [2.45, 2.75) is 18.9 Å². The molecule has 1 aromatic carbocycles. The summed E-state index contributed by atoms with van der Waals surface area (Å²) in [5.74, 6) is 0. The fraction of sp³-hybridized carbons (Fsp3) is 0.400. The fourth-order valence-electron chi connectivity index (χ4n) is 1.81. The normalized spacial score (nSPS) is 21.0. The van der Waals surface area contributed by atoms with E-state index in [-0.39, 0.29) is 0 Å². The Kier molecular flexibility index (Phi) is 2.20. The second kappa shape index (κ2) is 3.19. The lowest BCUT2D eigenvalue weighted by Gasteiger charge is -2.04. The Morgan fingerprint density at radius 3 is 2.92 bits per heavy atom. The summed E-state index contributed by atoms with van der Waals surface area (Å²) in [4.78, 5) is 0. The molecule has 0 spiro atoms. The van der Waals surface area contributed by atoms with Crippen LogP contribution in [0.1, 0.15) is 11.1 Å². The maximum absolute atomic E-state index is 3.58. The molecule has 1 aliphatic carbocycles. The van der Waals surface area contributed by atoms with E-state index >= 15 is 0 Å². The summed E-state index contributed by atoms with van der Waals surface area (Å²) in [6.45, 7) is 0. The Hall–Kier alpha value is -0.340. The monoisotopic (exact) mass is 225 g/mol. The minimum atomic E-state index is 0.638. The number of hydrogen-bond acceptors (Lipinski definition) is 1. The van der Waals surface area contributed by atoms with Crippen LogP contribution in [0.3, 0.4) is 0 Å². The molecule has 0 saturated carbocycles. The zero-order valence-corrected chi connectivity index (χ0v) is 8.69. The second-order valence-electron chi connectivity index (χ2n) is 3.27. The van der Waals surface area contributed by atoms with Crippen LogP contribution in [0.5, 0.6) is 0 Å². The van der Waals surface area contributed by atoms with Gasteiger partial charge in [-0.05, 0) is 37.1 Å². The molecule has 1 aliphatic rings. The van der Waals surface area contributed by atoms with E-state index in [1.807, 2.05) is 7.05 Å². The van der Waals surface area contributed by atoms with Gasteiger partial charge in [0, 0.05) is 10.5 Å². The Labute approximate surface area is 81.3 Å². The molecular weight excluding hydrogens is 214 g/mol. The van der Waals surface area contributed by atoms with Gasteiger partial charge < -0.3 is 5.32 Å². The molecule has 1 N–H and O–H groups in total. The lowest BCUT2D eigenvalue weighted by molar-refractivity contribution is 0.593. The van der Waals surface area contributed by atoms with Crippen LogP contribution in [0.15, 0.2) is 22.7 Å². The highest BCUT2D eigenvalue weighted by molar-refractivity contribution is 9.10. The molecule has 0 amide bonds. The molecular formula is C10H12BrN. The van der Waals surface area contributed by atoms with Crippen LogP contribution >= 0.6 is 15.9 Å². The van der Waals surface area contributed by atoms with Crippen LogP contribution in [0.4, 0.5) is 0 Å². The highest BCUT2D eigenvalue weighted by atomic mass is 79.9. The number of rotatable bonds is 1. The summed E-state index contributed by atoms with van der Waals surface area (Å²) in [5.41, 5.74) is 2.97. The van der Waals surface area contributed by atoms with Crippen molar-refractivity contribution in [3.05, 3.63) is 33.8 Å². The smallest absolute Gasteiger partial charge is 0.0210 e. The third kappa shape index (κ3) is 1.29. The molecule has 64 valence electrons. The number of halogens is 1. The molecule has 12 heavy (non-hydrogen) atoms. The van der Waals surface area contributed by atoms with Crippen molar-refractivity contribution in [1.82, 2.24) is 5.32 Å². The first-order chi connectivity index (χ1) is 5.81. The summed E-state index contributed by atoms with van der Waals surface area (Å²) in [6.07, 6.45) is 2.33. The van der Waals surface area contributed by atoms with Gasteiger partial charge in [0.15, 0.2) is 0 Å². The average Bonchev–Trinajstić information content (AvgIpc) is 2.49. The van der Waals surface area contributed by atoms with Crippen LogP contribution in [-0.4, -0.2) is 13.1 Å². The van der Waals surface area contributed by atoms with Gasteiger partial charge in [-0.1, -0.05) is 28.1 Å². The van der Waals surface area contributed by atoms with E-state index in [4.69, 9.17) is 0 Å². The highest BCUT2D eigenvalue weighted by Crippen LogP contribution is 2.28. The second-order valence-corrected chi connectivity index (χ2v) is 4.13. The van der Waals surface area contributed by atoms with Crippen molar-refractivity contribution < 1.29 is 0 Å². The largest absolute Gasteiger partial charge is 0.316 e. The summed E-state index contributed by atoms with van der Waals surface area (Å²) < 4.78 is 1.26. The first-order valence-corrected chi connectivity index (χ1v) is 5.04. The van der Waals surface area contributed by atoms with E-state index in [0.717, 1.165) is 6.42 Å². The van der Waals surface area contributed by atoms with E-state index < -0.39 is 0 Å². The van der Waals surface area contributed by atoms with E-state index in [1.54, 1.807) is 0 Å². The Bertz CT molecular complexity index is 296. The molecule has 0 fully saturated rings. The van der Waals surface area contributed by atoms with Gasteiger partial charge >= 0.3 is 0 Å². The van der Waals surface area contributed by atoms with Crippen molar-refractivity contribution in [1.29, 1.82) is 0 Å². The fourth-order valence-corrected chi connectivity index (χ4v) is 2.38. The topological polar surface area (TPSA) is 12.0 Å². The first-order valence-electron chi connectivity index (χ1n) is 4.25. The van der Waals surface area contributed by atoms with E-state index in [0.29, 0.717) is 6.04 Å². The van der Waals surface area contributed by atoms with Crippen molar-refractivity contribution in [2.24, 2.45) is 0 Å². The predicted molar refractivity (Wildman–Crippen MR) is 54.4 cm³/mol. The molecule has 1 nitrogen and oxygen atoms in total. The molecule has 0 aromatic heterocycles. The lowest BCUT2D eigenvalue weighted by atomic mass is 10.1. The van der Waals surface area contributed by atoms with E-state index in [9.17, 15) is 0 Å². The molecule has 1 aromatic rings. The predicted octanol–water partition coefficient (Wildman–Crippen LogP) is 2.14. The van der Waals surface area contributed by atoms with Crippen molar-refractivity contribution in [3.8, 4) is 0 Å². The van der Waals surface area contributed by atoms with E-state index in [1.165, 1.54) is 22.0 Å². The van der Waals surface area contributed by atoms with Gasteiger partial charge in [0.05, 0.1) is 0 Å². The molecule has 1 unspecified atom stereocenters. The van der Waals surface area contributed by atoms with Crippen LogP contribution in [0.25, 0.3) is 0 Å². The summed E-state index contributed by atoms with van der Waals surface area (Å²) in [6, 6.07) is 7.09. The lowest BCUT2D eigenvalue weighted by Crippen LogP contribution is -2.24. The van der Waals surface area contributed by atoms with E-state index in [2.05, 4.69) is 39.4 Å². The average molecular weight is 226 g/mol. The minimum absolute atomic E-state index is 0.638. The van der Waals surface area contributed by atoms with Crippen LogP contribution < -0.4 is 5.32 Å². The molecule has 0 bridgehead atoms. The van der Waals surface area contributed by atoms with Crippen molar-refractivity contribution >= 4 is 15.9 Å². The number of fused-ring (bicyclic) bond motifs is 1. The van der Waals surface area contributed by atoms with Gasteiger partial charge in [-0.3, -0.25) is 0 Å². The number of hydrogen-bond donors (Lipinski definition) is 1. The molecule has 2 heteroatoms. The summed E-state index contributed by atoms with van der Waals surface area (Å²) in [5, 5.41) is 3.32. The highest BCUT2D eigenvalue weighted by Gasteiger charge is 2.20. The standard InChI is InChI=1S/C10H12BrN/c1-12-8-5-7-3-2-4-10(11)9(7)6-8/h2-4,8,12H,5-6H2,1H3. The number of benzene rings is 1.